The average molecular weight is 378 g/mol. The number of hydrogen-bond donors (Lipinski definition) is 1. The van der Waals surface area contributed by atoms with Gasteiger partial charge < -0.3 is 9.47 Å². The minimum absolute atomic E-state index is 0.217. The second kappa shape index (κ2) is 10.3. The van der Waals surface area contributed by atoms with Gasteiger partial charge in [0.2, 0.25) is 10.0 Å². The Balaban J connectivity index is 2.04. The lowest BCUT2D eigenvalue weighted by Gasteiger charge is -2.18. The molecule has 2 aromatic rings. The van der Waals surface area contributed by atoms with Crippen LogP contribution in [0.25, 0.3) is 0 Å². The van der Waals surface area contributed by atoms with E-state index in [4.69, 9.17) is 9.47 Å². The van der Waals surface area contributed by atoms with Crippen LogP contribution < -0.4 is 9.46 Å². The van der Waals surface area contributed by atoms with Crippen molar-refractivity contribution >= 4 is 10.0 Å². The van der Waals surface area contributed by atoms with Gasteiger partial charge in [0.25, 0.3) is 0 Å². The third-order valence-corrected chi connectivity index (χ3v) is 5.45. The molecule has 0 fully saturated rings. The van der Waals surface area contributed by atoms with Crippen LogP contribution in [0.5, 0.6) is 5.75 Å². The zero-order valence-electron chi connectivity index (χ0n) is 15.4. The highest BCUT2D eigenvalue weighted by molar-refractivity contribution is 7.89. The first-order valence-corrected chi connectivity index (χ1v) is 10.3. The molecule has 1 N–H and O–H groups in total. The molecule has 0 spiro atoms. The summed E-state index contributed by atoms with van der Waals surface area (Å²) in [5.74, 6) is 0.676. The molecule has 142 valence electrons. The van der Waals surface area contributed by atoms with Gasteiger partial charge >= 0.3 is 0 Å². The Morgan fingerprint density at radius 1 is 1.04 bits per heavy atom. The van der Waals surface area contributed by atoms with Crippen molar-refractivity contribution in [2.75, 3.05) is 20.3 Å². The summed E-state index contributed by atoms with van der Waals surface area (Å²) < 4.78 is 38.8. The Labute approximate surface area is 156 Å². The molecule has 2 rings (SSSR count). The monoisotopic (exact) mass is 377 g/mol. The molecule has 2 aromatic carbocycles. The van der Waals surface area contributed by atoms with E-state index in [1.54, 1.807) is 31.4 Å². The highest BCUT2D eigenvalue weighted by Crippen LogP contribution is 2.17. The number of unbranched alkanes of at least 4 members (excludes halogenated alkanes) is 1. The molecule has 26 heavy (non-hydrogen) atoms. The van der Waals surface area contributed by atoms with Gasteiger partial charge in [-0.25, -0.2) is 13.1 Å². The number of hydrogen-bond acceptors (Lipinski definition) is 4. The van der Waals surface area contributed by atoms with Crippen LogP contribution in [0.15, 0.2) is 59.5 Å². The van der Waals surface area contributed by atoms with Crippen molar-refractivity contribution in [2.45, 2.75) is 37.1 Å². The molecule has 0 aromatic heterocycles. The van der Waals surface area contributed by atoms with E-state index in [0.29, 0.717) is 25.4 Å². The summed E-state index contributed by atoms with van der Waals surface area (Å²) in [5, 5.41) is 0. The molecule has 0 aliphatic carbocycles. The van der Waals surface area contributed by atoms with Crippen molar-refractivity contribution in [1.29, 1.82) is 0 Å². The zero-order valence-corrected chi connectivity index (χ0v) is 16.2. The number of nitrogens with one attached hydrogen (secondary N) is 1. The van der Waals surface area contributed by atoms with E-state index >= 15 is 0 Å². The van der Waals surface area contributed by atoms with E-state index in [1.807, 2.05) is 30.3 Å². The average Bonchev–Trinajstić information content (AvgIpc) is 2.63. The van der Waals surface area contributed by atoms with Gasteiger partial charge in [0.15, 0.2) is 0 Å². The Morgan fingerprint density at radius 3 is 2.35 bits per heavy atom. The molecule has 1 atom stereocenters. The fourth-order valence-electron chi connectivity index (χ4n) is 2.57. The highest BCUT2D eigenvalue weighted by atomic mass is 32.2. The minimum atomic E-state index is -3.63. The molecule has 5 nitrogen and oxygen atoms in total. The summed E-state index contributed by atoms with van der Waals surface area (Å²) in [6, 6.07) is 15.9. The lowest BCUT2D eigenvalue weighted by atomic mass is 10.1. The van der Waals surface area contributed by atoms with E-state index in [1.165, 1.54) is 0 Å². The van der Waals surface area contributed by atoms with Crippen LogP contribution in [0, 0.1) is 0 Å². The summed E-state index contributed by atoms with van der Waals surface area (Å²) in [4.78, 5) is 0.217. The molecule has 0 aliphatic heterocycles. The molecule has 1 unspecified atom stereocenters. The molecular formula is C20H27NO4S. The van der Waals surface area contributed by atoms with Crippen LogP contribution in [-0.2, 0) is 21.2 Å². The van der Waals surface area contributed by atoms with Crippen LogP contribution in [-0.4, -0.2) is 34.8 Å². The Hall–Kier alpha value is -1.89. The smallest absolute Gasteiger partial charge is 0.240 e. The van der Waals surface area contributed by atoms with E-state index in [9.17, 15) is 8.42 Å². The Morgan fingerprint density at radius 2 is 1.73 bits per heavy atom. The molecule has 0 saturated carbocycles. The van der Waals surface area contributed by atoms with E-state index in [-0.39, 0.29) is 10.9 Å². The van der Waals surface area contributed by atoms with Crippen LogP contribution in [0.1, 0.15) is 25.3 Å². The quantitative estimate of drug-likeness (QED) is 0.610. The molecule has 6 heteroatoms. The molecule has 0 radical (unpaired) electrons. The SMILES string of the molecule is CCCCOc1ccc(S(=O)(=O)NC(COC)Cc2ccccc2)cc1. The van der Waals surface area contributed by atoms with Gasteiger partial charge in [0, 0.05) is 13.2 Å². The highest BCUT2D eigenvalue weighted by Gasteiger charge is 2.20. The van der Waals surface area contributed by atoms with Crippen LogP contribution in [0.4, 0.5) is 0 Å². The third-order valence-electron chi connectivity index (χ3n) is 3.92. The first-order valence-electron chi connectivity index (χ1n) is 8.83. The number of benzene rings is 2. The van der Waals surface area contributed by atoms with Crippen molar-refractivity contribution in [3.05, 3.63) is 60.2 Å². The first kappa shape index (κ1) is 20.4. The maximum atomic E-state index is 12.7. The lowest BCUT2D eigenvalue weighted by molar-refractivity contribution is 0.174. The second-order valence-electron chi connectivity index (χ2n) is 6.14. The van der Waals surface area contributed by atoms with Crippen molar-refractivity contribution in [3.63, 3.8) is 0 Å². The van der Waals surface area contributed by atoms with Gasteiger partial charge in [-0.15, -0.1) is 0 Å². The van der Waals surface area contributed by atoms with Crippen molar-refractivity contribution in [3.8, 4) is 5.75 Å². The first-order chi connectivity index (χ1) is 12.5. The summed E-state index contributed by atoms with van der Waals surface area (Å²) in [5.41, 5.74) is 1.05. The van der Waals surface area contributed by atoms with Crippen LogP contribution in [0.3, 0.4) is 0 Å². The van der Waals surface area contributed by atoms with Gasteiger partial charge in [-0.2, -0.15) is 0 Å². The topological polar surface area (TPSA) is 64.6 Å². The number of rotatable bonds is 11. The third kappa shape index (κ3) is 6.44. The summed E-state index contributed by atoms with van der Waals surface area (Å²) in [6.45, 7) is 3.02. The molecule has 0 aliphatic rings. The van der Waals surface area contributed by atoms with E-state index in [0.717, 1.165) is 18.4 Å². The minimum Gasteiger partial charge on any atom is -0.494 e. The van der Waals surface area contributed by atoms with Crippen LogP contribution in [0.2, 0.25) is 0 Å². The molecule has 0 bridgehead atoms. The predicted molar refractivity (Wildman–Crippen MR) is 103 cm³/mol. The van der Waals surface area contributed by atoms with E-state index < -0.39 is 10.0 Å². The number of ether oxygens (including phenoxy) is 2. The Bertz CT molecular complexity index is 745. The number of sulfonamides is 1. The maximum Gasteiger partial charge on any atom is 0.240 e. The molecule has 0 heterocycles. The fourth-order valence-corrected chi connectivity index (χ4v) is 3.79. The van der Waals surface area contributed by atoms with Crippen LogP contribution >= 0.6 is 0 Å². The maximum absolute atomic E-state index is 12.7. The van der Waals surface area contributed by atoms with Gasteiger partial charge in [0.05, 0.1) is 18.1 Å². The van der Waals surface area contributed by atoms with Gasteiger partial charge in [-0.3, -0.25) is 0 Å². The van der Waals surface area contributed by atoms with Crippen molar-refractivity contribution in [2.24, 2.45) is 0 Å². The van der Waals surface area contributed by atoms with Gasteiger partial charge in [-0.05, 0) is 42.7 Å². The normalized spacial score (nSPS) is 12.7. The van der Waals surface area contributed by atoms with E-state index in [2.05, 4.69) is 11.6 Å². The standard InChI is InChI=1S/C20H27NO4S/c1-3-4-14-25-19-10-12-20(13-11-19)26(22,23)21-18(16-24-2)15-17-8-6-5-7-9-17/h5-13,18,21H,3-4,14-16H2,1-2H3. The molecule has 0 amide bonds. The summed E-state index contributed by atoms with van der Waals surface area (Å²) >= 11 is 0. The summed E-state index contributed by atoms with van der Waals surface area (Å²) in [7, 11) is -2.07. The lowest BCUT2D eigenvalue weighted by Crippen LogP contribution is -2.39. The molecular weight excluding hydrogens is 350 g/mol. The van der Waals surface area contributed by atoms with Gasteiger partial charge in [-0.1, -0.05) is 43.7 Å². The van der Waals surface area contributed by atoms with Crippen molar-refractivity contribution in [1.82, 2.24) is 4.72 Å². The summed E-state index contributed by atoms with van der Waals surface area (Å²) in [6.07, 6.45) is 2.59. The number of methoxy groups -OCH3 is 1. The van der Waals surface area contributed by atoms with Crippen molar-refractivity contribution < 1.29 is 17.9 Å². The van der Waals surface area contributed by atoms with Gasteiger partial charge in [0.1, 0.15) is 5.75 Å². The predicted octanol–water partition coefficient (Wildman–Crippen LogP) is 3.40. The largest absolute Gasteiger partial charge is 0.494 e. The zero-order chi connectivity index (χ0) is 18.8. The second-order valence-corrected chi connectivity index (χ2v) is 7.85. The Kier molecular flexibility index (Phi) is 8.09. The fraction of sp³-hybridized carbons (Fsp3) is 0.400. The molecule has 0 saturated heterocycles.